The van der Waals surface area contributed by atoms with Crippen LogP contribution in [-0.2, 0) is 4.79 Å². The lowest BCUT2D eigenvalue weighted by molar-refractivity contribution is -0.153. The van der Waals surface area contributed by atoms with E-state index in [1.807, 2.05) is 0 Å². The summed E-state index contributed by atoms with van der Waals surface area (Å²) >= 11 is 0. The number of nitrogens with two attached hydrogens (primary N) is 1. The van der Waals surface area contributed by atoms with Gasteiger partial charge in [-0.2, -0.15) is 13.2 Å². The van der Waals surface area contributed by atoms with Crippen molar-refractivity contribution in [1.82, 2.24) is 0 Å². The van der Waals surface area contributed by atoms with Gasteiger partial charge < -0.3 is 15.8 Å². The maximum atomic E-state index is 12.2. The number of carbonyl (C=O) groups is 1. The van der Waals surface area contributed by atoms with Gasteiger partial charge in [0.15, 0.2) is 6.61 Å². The normalized spacial score (nSPS) is 12.1. The van der Waals surface area contributed by atoms with Crippen molar-refractivity contribution in [3.8, 4) is 5.75 Å². The first-order valence-electron chi connectivity index (χ1n) is 5.96. The molecule has 20 heavy (non-hydrogen) atoms. The highest BCUT2D eigenvalue weighted by Crippen LogP contribution is 2.28. The lowest BCUT2D eigenvalue weighted by Gasteiger charge is -2.22. The monoisotopic (exact) mass is 290 g/mol. The topological polar surface area (TPSA) is 64.4 Å². The van der Waals surface area contributed by atoms with Crippen LogP contribution in [0.1, 0.15) is 13.8 Å². The largest absolute Gasteiger partial charge is 0.482 e. The Hall–Kier alpha value is -1.76. The Morgan fingerprint density at radius 3 is 2.45 bits per heavy atom. The molecule has 0 atom stereocenters. The summed E-state index contributed by atoms with van der Waals surface area (Å²) in [5.41, 5.74) is 4.84. The van der Waals surface area contributed by atoms with E-state index in [4.69, 9.17) is 5.73 Å². The van der Waals surface area contributed by atoms with E-state index in [1.54, 1.807) is 19.9 Å². The van der Waals surface area contributed by atoms with Crippen LogP contribution in [0.3, 0.4) is 0 Å². The summed E-state index contributed by atoms with van der Waals surface area (Å²) in [5, 5.41) is 2.53. The van der Waals surface area contributed by atoms with Crippen LogP contribution in [0.5, 0.6) is 5.75 Å². The van der Waals surface area contributed by atoms with Crippen molar-refractivity contribution in [3.63, 3.8) is 0 Å². The van der Waals surface area contributed by atoms with Crippen LogP contribution in [0, 0.1) is 5.41 Å². The summed E-state index contributed by atoms with van der Waals surface area (Å²) in [6.07, 6.45) is -4.44. The molecule has 0 aliphatic carbocycles. The number of anilines is 1. The molecule has 1 rings (SSSR count). The number of benzene rings is 1. The van der Waals surface area contributed by atoms with E-state index < -0.39 is 18.2 Å². The molecular formula is C13H17F3N2O2. The van der Waals surface area contributed by atoms with Gasteiger partial charge in [0.05, 0.1) is 11.1 Å². The van der Waals surface area contributed by atoms with Crippen molar-refractivity contribution in [2.45, 2.75) is 20.0 Å². The predicted octanol–water partition coefficient (Wildman–Crippen LogP) is 2.55. The molecule has 112 valence electrons. The van der Waals surface area contributed by atoms with Gasteiger partial charge in [0.25, 0.3) is 0 Å². The van der Waals surface area contributed by atoms with Gasteiger partial charge in [-0.15, -0.1) is 0 Å². The summed E-state index contributed by atoms with van der Waals surface area (Å²) < 4.78 is 41.1. The van der Waals surface area contributed by atoms with Gasteiger partial charge in [0.1, 0.15) is 5.75 Å². The minimum absolute atomic E-state index is 0.0361. The zero-order chi connectivity index (χ0) is 15.4. The number of hydrogen-bond acceptors (Lipinski definition) is 3. The molecule has 0 saturated carbocycles. The number of halogens is 3. The van der Waals surface area contributed by atoms with Gasteiger partial charge in [-0.25, -0.2) is 0 Å². The molecule has 1 amide bonds. The Bertz CT molecular complexity index is 473. The number of amides is 1. The molecule has 0 saturated heterocycles. The van der Waals surface area contributed by atoms with Gasteiger partial charge in [0.2, 0.25) is 5.91 Å². The Kier molecular flexibility index (Phi) is 4.99. The summed E-state index contributed by atoms with van der Waals surface area (Å²) in [6, 6.07) is 5.94. The minimum atomic E-state index is -4.44. The molecule has 1 aromatic rings. The van der Waals surface area contributed by atoms with Crippen molar-refractivity contribution in [1.29, 1.82) is 0 Å². The van der Waals surface area contributed by atoms with Crippen LogP contribution in [0.4, 0.5) is 18.9 Å². The standard InChI is InChI=1S/C13H17F3N2O2/c1-12(2,7-17)11(19)18-9-5-3-4-6-10(9)20-8-13(14,15)16/h3-6H,7-8,17H2,1-2H3,(H,18,19). The number of ether oxygens (including phenoxy) is 1. The van der Waals surface area contributed by atoms with Crippen LogP contribution < -0.4 is 15.8 Å². The quantitative estimate of drug-likeness (QED) is 0.876. The summed E-state index contributed by atoms with van der Waals surface area (Å²) in [6.45, 7) is 1.98. The SMILES string of the molecule is CC(C)(CN)C(=O)Nc1ccccc1OCC(F)(F)F. The second-order valence-electron chi connectivity index (χ2n) is 4.94. The fourth-order valence-electron chi connectivity index (χ4n) is 1.24. The average Bonchev–Trinajstić information content (AvgIpc) is 2.36. The van der Waals surface area contributed by atoms with E-state index in [2.05, 4.69) is 10.1 Å². The lowest BCUT2D eigenvalue weighted by Crippen LogP contribution is -2.37. The predicted molar refractivity (Wildman–Crippen MR) is 69.5 cm³/mol. The van der Waals surface area contributed by atoms with Crippen LogP contribution in [0.2, 0.25) is 0 Å². The Labute approximate surface area is 115 Å². The zero-order valence-electron chi connectivity index (χ0n) is 11.3. The Morgan fingerprint density at radius 2 is 1.90 bits per heavy atom. The molecule has 7 heteroatoms. The van der Waals surface area contributed by atoms with E-state index in [0.717, 1.165) is 0 Å². The third kappa shape index (κ3) is 4.73. The van der Waals surface area contributed by atoms with Gasteiger partial charge in [-0.05, 0) is 26.0 Å². The summed E-state index contributed by atoms with van der Waals surface area (Å²) in [5.74, 6) is -0.422. The molecule has 4 nitrogen and oxygen atoms in total. The molecule has 0 aromatic heterocycles. The highest BCUT2D eigenvalue weighted by molar-refractivity contribution is 5.96. The summed E-state index contributed by atoms with van der Waals surface area (Å²) in [7, 11) is 0. The molecule has 0 spiro atoms. The molecule has 0 aliphatic rings. The summed E-state index contributed by atoms with van der Waals surface area (Å²) in [4.78, 5) is 11.9. The number of alkyl halides is 3. The molecule has 0 aliphatic heterocycles. The number of nitrogens with one attached hydrogen (secondary N) is 1. The first-order chi connectivity index (χ1) is 9.15. The number of para-hydroxylation sites is 2. The molecule has 1 aromatic carbocycles. The second-order valence-corrected chi connectivity index (χ2v) is 4.94. The molecule has 0 bridgehead atoms. The zero-order valence-corrected chi connectivity index (χ0v) is 11.3. The minimum Gasteiger partial charge on any atom is -0.482 e. The van der Waals surface area contributed by atoms with Gasteiger partial charge in [0, 0.05) is 6.54 Å². The van der Waals surface area contributed by atoms with E-state index in [9.17, 15) is 18.0 Å². The molecule has 0 unspecified atom stereocenters. The van der Waals surface area contributed by atoms with Crippen LogP contribution in [0.25, 0.3) is 0 Å². The first kappa shape index (κ1) is 16.3. The van der Waals surface area contributed by atoms with Crippen molar-refractivity contribution < 1.29 is 22.7 Å². The van der Waals surface area contributed by atoms with Crippen molar-refractivity contribution in [2.24, 2.45) is 11.1 Å². The van der Waals surface area contributed by atoms with Crippen molar-refractivity contribution in [3.05, 3.63) is 24.3 Å². The average molecular weight is 290 g/mol. The highest BCUT2D eigenvalue weighted by Gasteiger charge is 2.30. The van der Waals surface area contributed by atoms with Crippen LogP contribution >= 0.6 is 0 Å². The third-order valence-electron chi connectivity index (χ3n) is 2.65. The fraction of sp³-hybridized carbons (Fsp3) is 0.462. The van der Waals surface area contributed by atoms with Crippen molar-refractivity contribution >= 4 is 11.6 Å². The second kappa shape index (κ2) is 6.13. The Balaban J connectivity index is 2.83. The molecule has 0 heterocycles. The molecule has 3 N–H and O–H groups in total. The molecule has 0 radical (unpaired) electrons. The van der Waals surface area contributed by atoms with E-state index in [-0.39, 0.29) is 23.9 Å². The van der Waals surface area contributed by atoms with E-state index in [1.165, 1.54) is 18.2 Å². The molecular weight excluding hydrogens is 273 g/mol. The Morgan fingerprint density at radius 1 is 1.30 bits per heavy atom. The van der Waals surface area contributed by atoms with Crippen LogP contribution in [0.15, 0.2) is 24.3 Å². The van der Waals surface area contributed by atoms with Crippen LogP contribution in [-0.4, -0.2) is 25.2 Å². The van der Waals surface area contributed by atoms with Gasteiger partial charge in [-0.1, -0.05) is 12.1 Å². The smallest absolute Gasteiger partial charge is 0.422 e. The van der Waals surface area contributed by atoms with Crippen molar-refractivity contribution in [2.75, 3.05) is 18.5 Å². The maximum Gasteiger partial charge on any atom is 0.422 e. The first-order valence-corrected chi connectivity index (χ1v) is 5.96. The fourth-order valence-corrected chi connectivity index (χ4v) is 1.24. The maximum absolute atomic E-state index is 12.2. The van der Waals surface area contributed by atoms with E-state index >= 15 is 0 Å². The van der Waals surface area contributed by atoms with Gasteiger partial charge in [-0.3, -0.25) is 4.79 Å². The number of carbonyl (C=O) groups excluding carboxylic acids is 1. The highest BCUT2D eigenvalue weighted by atomic mass is 19.4. The van der Waals surface area contributed by atoms with E-state index in [0.29, 0.717) is 0 Å². The lowest BCUT2D eigenvalue weighted by atomic mass is 9.92. The third-order valence-corrected chi connectivity index (χ3v) is 2.65. The number of rotatable bonds is 5. The molecule has 0 fully saturated rings. The number of hydrogen-bond donors (Lipinski definition) is 2. The van der Waals surface area contributed by atoms with Gasteiger partial charge >= 0.3 is 6.18 Å².